The molecule has 0 saturated heterocycles. The molecule has 0 aliphatic rings. The topological polar surface area (TPSA) is 100 Å². The van der Waals surface area contributed by atoms with E-state index in [1.54, 1.807) is 11.8 Å². The van der Waals surface area contributed by atoms with Gasteiger partial charge in [-0.2, -0.15) is 4.98 Å². The predicted molar refractivity (Wildman–Crippen MR) is 123 cm³/mol. The van der Waals surface area contributed by atoms with E-state index < -0.39 is 0 Å². The molecule has 7 nitrogen and oxygen atoms in total. The van der Waals surface area contributed by atoms with E-state index in [1.165, 1.54) is 16.7 Å². The van der Waals surface area contributed by atoms with Crippen molar-refractivity contribution in [3.63, 3.8) is 0 Å². The number of nitrogens with one attached hydrogen (secondary N) is 2. The summed E-state index contributed by atoms with van der Waals surface area (Å²) in [5.41, 5.74) is 3.66. The van der Waals surface area contributed by atoms with Gasteiger partial charge in [-0.1, -0.05) is 47.3 Å². The molecule has 9 heteroatoms. The largest absolute Gasteiger partial charge is 0.355 e. The van der Waals surface area contributed by atoms with Gasteiger partial charge in [0.25, 0.3) is 5.56 Å². The van der Waals surface area contributed by atoms with Crippen molar-refractivity contribution in [1.82, 2.24) is 25.1 Å². The van der Waals surface area contributed by atoms with Crippen molar-refractivity contribution in [2.24, 2.45) is 0 Å². The van der Waals surface area contributed by atoms with Crippen LogP contribution in [0.25, 0.3) is 33.5 Å². The van der Waals surface area contributed by atoms with Gasteiger partial charge in [-0.05, 0) is 36.1 Å². The molecule has 5 aromatic rings. The number of rotatable bonds is 6. The van der Waals surface area contributed by atoms with Gasteiger partial charge in [-0.25, -0.2) is 4.98 Å². The van der Waals surface area contributed by atoms with E-state index in [0.717, 1.165) is 16.7 Å². The normalized spacial score (nSPS) is 11.3. The van der Waals surface area contributed by atoms with Gasteiger partial charge in [0.2, 0.25) is 11.7 Å². The van der Waals surface area contributed by atoms with Crippen LogP contribution in [0.3, 0.4) is 0 Å². The van der Waals surface area contributed by atoms with E-state index in [0.29, 0.717) is 33.7 Å². The number of H-pyrrole nitrogens is 2. The Balaban J connectivity index is 1.37. The lowest BCUT2D eigenvalue weighted by molar-refractivity contribution is 0.391. The van der Waals surface area contributed by atoms with Crippen LogP contribution < -0.4 is 5.56 Å². The summed E-state index contributed by atoms with van der Waals surface area (Å²) in [6.45, 7) is 0. The number of thioether (sulfide) groups is 2. The average Bonchev–Trinajstić information content (AvgIpc) is 3.46. The lowest BCUT2D eigenvalue weighted by Gasteiger charge is -2.01. The summed E-state index contributed by atoms with van der Waals surface area (Å²) in [6.07, 6.45) is 3.84. The minimum Gasteiger partial charge on any atom is -0.355 e. The second-order valence-corrected chi connectivity index (χ2v) is 8.54. The van der Waals surface area contributed by atoms with Crippen LogP contribution in [0.5, 0.6) is 0 Å². The Hall–Kier alpha value is -3.30. The number of benzene rings is 2. The molecule has 0 atom stereocenters. The number of hydrogen-bond donors (Lipinski definition) is 2. The summed E-state index contributed by atoms with van der Waals surface area (Å²) in [5.74, 6) is 1.40. The maximum Gasteiger partial charge on any atom is 0.275 e. The summed E-state index contributed by atoms with van der Waals surface area (Å²) in [7, 11) is 0. The second kappa shape index (κ2) is 8.44. The molecule has 31 heavy (non-hydrogen) atoms. The molecule has 0 amide bonds. The van der Waals surface area contributed by atoms with Crippen LogP contribution in [0.1, 0.15) is 5.89 Å². The van der Waals surface area contributed by atoms with Crippen LogP contribution >= 0.6 is 23.5 Å². The lowest BCUT2D eigenvalue weighted by Crippen LogP contribution is -2.09. The zero-order chi connectivity index (χ0) is 21.2. The van der Waals surface area contributed by atoms with Crippen molar-refractivity contribution in [2.45, 2.75) is 15.8 Å². The third-order valence-corrected chi connectivity index (χ3v) is 6.35. The van der Waals surface area contributed by atoms with Crippen LogP contribution in [-0.4, -0.2) is 31.3 Å². The number of aromatic nitrogens is 5. The summed E-state index contributed by atoms with van der Waals surface area (Å²) in [6, 6.07) is 17.8. The van der Waals surface area contributed by atoms with Crippen molar-refractivity contribution < 1.29 is 4.52 Å². The zero-order valence-corrected chi connectivity index (χ0v) is 18.1. The molecule has 154 valence electrons. The predicted octanol–water partition coefficient (Wildman–Crippen LogP) is 4.98. The summed E-state index contributed by atoms with van der Waals surface area (Å²) in [5, 5.41) is 4.56. The lowest BCUT2D eigenvalue weighted by atomic mass is 10.1. The fraction of sp³-hybridized carbons (Fsp3) is 0.0909. The van der Waals surface area contributed by atoms with E-state index in [4.69, 9.17) is 4.52 Å². The van der Waals surface area contributed by atoms with Gasteiger partial charge in [0, 0.05) is 22.2 Å². The Morgan fingerprint density at radius 3 is 2.58 bits per heavy atom. The van der Waals surface area contributed by atoms with Gasteiger partial charge in [0.05, 0.1) is 5.75 Å². The second-order valence-electron chi connectivity index (χ2n) is 6.69. The fourth-order valence-electron chi connectivity index (χ4n) is 3.20. The van der Waals surface area contributed by atoms with Crippen molar-refractivity contribution in [2.75, 3.05) is 6.26 Å². The van der Waals surface area contributed by atoms with Crippen LogP contribution in [0.15, 0.2) is 80.2 Å². The molecule has 3 aromatic heterocycles. The van der Waals surface area contributed by atoms with Gasteiger partial charge >= 0.3 is 0 Å². The molecule has 0 unspecified atom stereocenters. The molecule has 0 bridgehead atoms. The molecule has 0 saturated carbocycles. The molecule has 0 fully saturated rings. The van der Waals surface area contributed by atoms with Gasteiger partial charge in [-0.3, -0.25) is 9.78 Å². The van der Waals surface area contributed by atoms with Crippen molar-refractivity contribution in [1.29, 1.82) is 0 Å². The fourth-order valence-corrected chi connectivity index (χ4v) is 4.31. The molecule has 3 heterocycles. The first-order valence-electron chi connectivity index (χ1n) is 9.48. The molecule has 0 aliphatic heterocycles. The van der Waals surface area contributed by atoms with E-state index in [2.05, 4.69) is 25.1 Å². The molecular formula is C22H17N5O2S2. The highest BCUT2D eigenvalue weighted by molar-refractivity contribution is 7.98. The van der Waals surface area contributed by atoms with Crippen LogP contribution in [0.2, 0.25) is 0 Å². The summed E-state index contributed by atoms with van der Waals surface area (Å²) >= 11 is 3.02. The van der Waals surface area contributed by atoms with Crippen LogP contribution in [0.4, 0.5) is 0 Å². The monoisotopic (exact) mass is 447 g/mol. The van der Waals surface area contributed by atoms with Crippen molar-refractivity contribution in [3.05, 3.63) is 77.0 Å². The van der Waals surface area contributed by atoms with E-state index in [9.17, 15) is 4.79 Å². The first-order valence-corrected chi connectivity index (χ1v) is 11.7. The number of hydrogen-bond acceptors (Lipinski definition) is 7. The van der Waals surface area contributed by atoms with Gasteiger partial charge in [0.15, 0.2) is 5.16 Å². The summed E-state index contributed by atoms with van der Waals surface area (Å²) < 4.78 is 5.38. The number of fused-ring (bicyclic) bond motifs is 1. The SMILES string of the molecule is CSc1ccc(-c2noc(CSc3nc4c(-c5ccccc5)c[nH]c4c(=O)[nH]3)n2)cc1. The van der Waals surface area contributed by atoms with Gasteiger partial charge in [-0.15, -0.1) is 11.8 Å². The molecule has 2 aromatic carbocycles. The minimum absolute atomic E-state index is 0.213. The van der Waals surface area contributed by atoms with Gasteiger partial charge < -0.3 is 9.51 Å². The Labute approximate surface area is 185 Å². The number of nitrogens with zero attached hydrogens (tertiary/aromatic N) is 3. The van der Waals surface area contributed by atoms with Crippen LogP contribution in [0, 0.1) is 0 Å². The average molecular weight is 448 g/mol. The number of aromatic amines is 2. The highest BCUT2D eigenvalue weighted by Crippen LogP contribution is 2.28. The quantitative estimate of drug-likeness (QED) is 0.280. The Bertz CT molecular complexity index is 1390. The maximum atomic E-state index is 12.5. The van der Waals surface area contributed by atoms with Crippen molar-refractivity contribution >= 4 is 34.6 Å². The summed E-state index contributed by atoms with van der Waals surface area (Å²) in [4.78, 5) is 28.6. The first kappa shape index (κ1) is 19.7. The third-order valence-electron chi connectivity index (χ3n) is 4.75. The van der Waals surface area contributed by atoms with Gasteiger partial charge in [0.1, 0.15) is 11.0 Å². The smallest absolute Gasteiger partial charge is 0.275 e. The standard InChI is InChI=1S/C22H17N5O2S2/c1-30-15-9-7-14(8-10-15)20-24-17(29-27-20)12-31-22-25-18-16(13-5-3-2-4-6-13)11-23-19(18)21(28)26-22/h2-11,23H,12H2,1H3,(H,25,26,28). The third kappa shape index (κ3) is 4.01. The highest BCUT2D eigenvalue weighted by Gasteiger charge is 2.14. The zero-order valence-electron chi connectivity index (χ0n) is 16.5. The highest BCUT2D eigenvalue weighted by atomic mass is 32.2. The molecule has 0 spiro atoms. The van der Waals surface area contributed by atoms with Crippen LogP contribution in [-0.2, 0) is 5.75 Å². The molecular weight excluding hydrogens is 430 g/mol. The Morgan fingerprint density at radius 1 is 1.00 bits per heavy atom. The first-order chi connectivity index (χ1) is 15.2. The molecule has 2 N–H and O–H groups in total. The molecule has 0 aliphatic carbocycles. The van der Waals surface area contributed by atoms with E-state index >= 15 is 0 Å². The minimum atomic E-state index is -0.213. The van der Waals surface area contributed by atoms with E-state index in [1.807, 2.05) is 67.0 Å². The maximum absolute atomic E-state index is 12.5. The molecule has 5 rings (SSSR count). The van der Waals surface area contributed by atoms with Crippen molar-refractivity contribution in [3.8, 4) is 22.5 Å². The molecule has 0 radical (unpaired) electrons. The Kier molecular flexibility index (Phi) is 5.35. The Morgan fingerprint density at radius 2 is 1.81 bits per heavy atom. The van der Waals surface area contributed by atoms with E-state index in [-0.39, 0.29) is 5.56 Å².